The predicted molar refractivity (Wildman–Crippen MR) is 85.2 cm³/mol. The summed E-state index contributed by atoms with van der Waals surface area (Å²) < 4.78 is 3.93. The lowest BCUT2D eigenvalue weighted by Crippen LogP contribution is -2.23. The Morgan fingerprint density at radius 3 is 2.67 bits per heavy atom. The molecule has 5 nitrogen and oxygen atoms in total. The molecule has 0 saturated carbocycles. The smallest absolute Gasteiger partial charge is 0.0673 e. The summed E-state index contributed by atoms with van der Waals surface area (Å²) in [5, 5.41) is 12.7. The molecule has 0 bridgehead atoms. The van der Waals surface area contributed by atoms with Crippen LogP contribution in [0.5, 0.6) is 0 Å². The van der Waals surface area contributed by atoms with Crippen molar-refractivity contribution in [1.82, 2.24) is 24.9 Å². The van der Waals surface area contributed by atoms with Crippen LogP contribution in [-0.2, 0) is 20.0 Å². The van der Waals surface area contributed by atoms with Gasteiger partial charge < -0.3 is 5.32 Å². The fraction of sp³-hybridized carbons (Fsp3) is 0.625. The van der Waals surface area contributed by atoms with E-state index in [9.17, 15) is 0 Å². The molecule has 0 fully saturated rings. The molecule has 1 N–H and O–H groups in total. The molecule has 5 heteroatoms. The van der Waals surface area contributed by atoms with Gasteiger partial charge >= 0.3 is 0 Å². The number of nitrogens with one attached hydrogen (secondary N) is 1. The molecule has 0 aliphatic heterocycles. The van der Waals surface area contributed by atoms with Gasteiger partial charge in [-0.05, 0) is 25.8 Å². The molecule has 21 heavy (non-hydrogen) atoms. The predicted octanol–water partition coefficient (Wildman–Crippen LogP) is 2.68. The molecule has 2 rings (SSSR count). The number of nitrogens with zero attached hydrogens (tertiary/aromatic N) is 4. The van der Waals surface area contributed by atoms with Crippen molar-refractivity contribution in [1.29, 1.82) is 0 Å². The first kappa shape index (κ1) is 15.8. The Bertz CT molecular complexity index is 555. The highest BCUT2D eigenvalue weighted by Crippen LogP contribution is 2.24. The van der Waals surface area contributed by atoms with E-state index < -0.39 is 0 Å². The summed E-state index contributed by atoms with van der Waals surface area (Å²) >= 11 is 0. The molecule has 2 aromatic heterocycles. The van der Waals surface area contributed by atoms with E-state index in [0.717, 1.165) is 38.0 Å². The molecule has 1 atom stereocenters. The molecule has 2 aromatic rings. The molecule has 0 saturated heterocycles. The van der Waals surface area contributed by atoms with Crippen molar-refractivity contribution in [2.24, 2.45) is 7.05 Å². The van der Waals surface area contributed by atoms with E-state index in [0.29, 0.717) is 0 Å². The van der Waals surface area contributed by atoms with E-state index in [1.165, 1.54) is 11.1 Å². The van der Waals surface area contributed by atoms with Gasteiger partial charge in [0, 0.05) is 37.1 Å². The monoisotopic (exact) mass is 289 g/mol. The van der Waals surface area contributed by atoms with E-state index >= 15 is 0 Å². The van der Waals surface area contributed by atoms with Gasteiger partial charge in [-0.15, -0.1) is 0 Å². The maximum atomic E-state index is 4.58. The van der Waals surface area contributed by atoms with Crippen LogP contribution in [-0.4, -0.2) is 26.1 Å². The first-order chi connectivity index (χ1) is 10.2. The summed E-state index contributed by atoms with van der Waals surface area (Å²) in [7, 11) is 1.99. The number of hydrogen-bond acceptors (Lipinski definition) is 3. The number of hydrogen-bond donors (Lipinski definition) is 1. The molecular formula is C16H27N5. The first-order valence-electron chi connectivity index (χ1n) is 7.97. The van der Waals surface area contributed by atoms with Crippen LogP contribution in [0.25, 0.3) is 0 Å². The third-order valence-corrected chi connectivity index (χ3v) is 3.62. The van der Waals surface area contributed by atoms with Crippen LogP contribution in [0.2, 0.25) is 0 Å². The molecule has 0 aromatic carbocycles. The van der Waals surface area contributed by atoms with Gasteiger partial charge in [0.15, 0.2) is 0 Å². The first-order valence-corrected chi connectivity index (χ1v) is 7.97. The number of rotatable bonds is 8. The zero-order chi connectivity index (χ0) is 15.2. The molecule has 116 valence electrons. The zero-order valence-corrected chi connectivity index (χ0v) is 13.6. The Balaban J connectivity index is 2.32. The van der Waals surface area contributed by atoms with E-state index in [2.05, 4.69) is 48.7 Å². The molecule has 2 heterocycles. The minimum absolute atomic E-state index is 0.180. The third-order valence-electron chi connectivity index (χ3n) is 3.62. The van der Waals surface area contributed by atoms with Gasteiger partial charge in [-0.25, -0.2) is 0 Å². The molecule has 0 radical (unpaired) electrons. The van der Waals surface area contributed by atoms with Crippen LogP contribution in [0.4, 0.5) is 0 Å². The lowest BCUT2D eigenvalue weighted by Gasteiger charge is -2.17. The lowest BCUT2D eigenvalue weighted by atomic mass is 10.0. The highest BCUT2D eigenvalue weighted by Gasteiger charge is 2.20. The number of aromatic nitrogens is 4. The van der Waals surface area contributed by atoms with Gasteiger partial charge in [-0.3, -0.25) is 9.36 Å². The van der Waals surface area contributed by atoms with Crippen LogP contribution in [0.15, 0.2) is 18.6 Å². The highest BCUT2D eigenvalue weighted by atomic mass is 15.3. The molecule has 0 aliphatic rings. The van der Waals surface area contributed by atoms with Gasteiger partial charge in [0.05, 0.1) is 17.9 Å². The van der Waals surface area contributed by atoms with Crippen molar-refractivity contribution in [3.8, 4) is 0 Å². The van der Waals surface area contributed by atoms with Crippen molar-refractivity contribution in [2.45, 2.75) is 52.6 Å². The maximum absolute atomic E-state index is 4.58. The average molecular weight is 289 g/mol. The van der Waals surface area contributed by atoms with Crippen molar-refractivity contribution in [3.05, 3.63) is 35.4 Å². The van der Waals surface area contributed by atoms with Gasteiger partial charge in [-0.2, -0.15) is 10.2 Å². The Labute approximate surface area is 127 Å². The van der Waals surface area contributed by atoms with Gasteiger partial charge in [0.2, 0.25) is 0 Å². The largest absolute Gasteiger partial charge is 0.306 e. The average Bonchev–Trinajstić information content (AvgIpc) is 3.07. The summed E-state index contributed by atoms with van der Waals surface area (Å²) in [4.78, 5) is 0. The minimum atomic E-state index is 0.180. The van der Waals surface area contributed by atoms with Crippen molar-refractivity contribution < 1.29 is 0 Å². The molecule has 1 unspecified atom stereocenters. The third kappa shape index (κ3) is 3.73. The van der Waals surface area contributed by atoms with Crippen molar-refractivity contribution in [2.75, 3.05) is 6.54 Å². The Morgan fingerprint density at radius 2 is 2.00 bits per heavy atom. The SMILES string of the molecule is CCCNC(c1cnn(CCC)c1)c1cn(C)nc1CC. The van der Waals surface area contributed by atoms with Crippen LogP contribution >= 0.6 is 0 Å². The molecular weight excluding hydrogens is 262 g/mol. The second-order valence-electron chi connectivity index (χ2n) is 5.48. The fourth-order valence-electron chi connectivity index (χ4n) is 2.64. The van der Waals surface area contributed by atoms with E-state index in [1.807, 2.05) is 22.6 Å². The lowest BCUT2D eigenvalue weighted by molar-refractivity contribution is 0.585. The maximum Gasteiger partial charge on any atom is 0.0673 e. The fourth-order valence-corrected chi connectivity index (χ4v) is 2.64. The number of aryl methyl sites for hydroxylation is 3. The second kappa shape index (κ2) is 7.41. The highest BCUT2D eigenvalue weighted by molar-refractivity contribution is 5.31. The summed E-state index contributed by atoms with van der Waals surface area (Å²) in [6, 6.07) is 0.180. The molecule has 0 aliphatic carbocycles. The quantitative estimate of drug-likeness (QED) is 0.813. The Kier molecular flexibility index (Phi) is 5.56. The summed E-state index contributed by atoms with van der Waals surface area (Å²) in [6.45, 7) is 8.47. The normalized spacial score (nSPS) is 12.8. The Morgan fingerprint density at radius 1 is 1.19 bits per heavy atom. The topological polar surface area (TPSA) is 47.7 Å². The van der Waals surface area contributed by atoms with Crippen molar-refractivity contribution in [3.63, 3.8) is 0 Å². The minimum Gasteiger partial charge on any atom is -0.306 e. The molecule has 0 spiro atoms. The van der Waals surface area contributed by atoms with Gasteiger partial charge in [0.1, 0.15) is 0 Å². The summed E-state index contributed by atoms with van der Waals surface area (Å²) in [5.41, 5.74) is 3.65. The van der Waals surface area contributed by atoms with Gasteiger partial charge in [0.25, 0.3) is 0 Å². The van der Waals surface area contributed by atoms with Gasteiger partial charge in [-0.1, -0.05) is 20.8 Å². The van der Waals surface area contributed by atoms with Crippen LogP contribution in [0.1, 0.15) is 56.5 Å². The Hall–Kier alpha value is -1.62. The zero-order valence-electron chi connectivity index (χ0n) is 13.6. The summed E-state index contributed by atoms with van der Waals surface area (Å²) in [6.07, 6.45) is 9.42. The van der Waals surface area contributed by atoms with E-state index in [1.54, 1.807) is 0 Å². The van der Waals surface area contributed by atoms with E-state index in [-0.39, 0.29) is 6.04 Å². The second-order valence-corrected chi connectivity index (χ2v) is 5.48. The van der Waals surface area contributed by atoms with Crippen LogP contribution < -0.4 is 5.32 Å². The van der Waals surface area contributed by atoms with Crippen molar-refractivity contribution >= 4 is 0 Å². The molecule has 0 amide bonds. The van der Waals surface area contributed by atoms with Crippen LogP contribution in [0, 0.1) is 0 Å². The van der Waals surface area contributed by atoms with E-state index in [4.69, 9.17) is 0 Å². The standard InChI is InChI=1S/C16H27N5/c1-5-8-17-16(13-10-18-21(11-13)9-6-2)14-12-20(4)19-15(14)7-3/h10-12,16-17H,5-9H2,1-4H3. The summed E-state index contributed by atoms with van der Waals surface area (Å²) in [5.74, 6) is 0. The van der Waals surface area contributed by atoms with Crippen LogP contribution in [0.3, 0.4) is 0 Å².